The van der Waals surface area contributed by atoms with Gasteiger partial charge in [-0.25, -0.2) is 4.79 Å². The maximum Gasteiger partial charge on any atom is 0.318 e. The molecule has 1 aromatic carbocycles. The van der Waals surface area contributed by atoms with E-state index < -0.39 is 0 Å². The zero-order chi connectivity index (χ0) is 22.1. The maximum absolute atomic E-state index is 12.9. The van der Waals surface area contributed by atoms with E-state index in [4.69, 9.17) is 0 Å². The Hall–Kier alpha value is -2.93. The molecule has 2 aromatic rings. The monoisotopic (exact) mass is 434 g/mol. The van der Waals surface area contributed by atoms with Crippen LogP contribution in [-0.4, -0.2) is 69.7 Å². The van der Waals surface area contributed by atoms with Crippen LogP contribution in [0.1, 0.15) is 43.6 Å². The second-order valence-corrected chi connectivity index (χ2v) is 9.17. The molecule has 5 rings (SSSR count). The molecule has 0 radical (unpaired) electrons. The SMILES string of the molecule is O=C(NC1CCCCC1)N1CC(=O)N2[C@H](CO)[C@@H](c3ccc(-c4ccncc4)cc3)[C@H]2C1. The molecular weight excluding hydrogens is 404 g/mol. The Morgan fingerprint density at radius 3 is 2.41 bits per heavy atom. The van der Waals surface area contributed by atoms with E-state index in [0.29, 0.717) is 6.54 Å². The highest BCUT2D eigenvalue weighted by molar-refractivity contribution is 5.87. The molecule has 1 saturated carbocycles. The number of carbonyl (C=O) groups excluding carboxylic acids is 2. The molecule has 3 atom stereocenters. The van der Waals surface area contributed by atoms with Crippen molar-refractivity contribution in [3.8, 4) is 11.1 Å². The van der Waals surface area contributed by atoms with Crippen molar-refractivity contribution in [3.05, 3.63) is 54.4 Å². The van der Waals surface area contributed by atoms with Gasteiger partial charge in [0.1, 0.15) is 6.54 Å². The van der Waals surface area contributed by atoms with E-state index in [9.17, 15) is 14.7 Å². The highest BCUT2D eigenvalue weighted by Gasteiger charge is 2.54. The molecule has 168 valence electrons. The van der Waals surface area contributed by atoms with Gasteiger partial charge < -0.3 is 20.2 Å². The van der Waals surface area contributed by atoms with Crippen LogP contribution in [0.25, 0.3) is 11.1 Å². The van der Waals surface area contributed by atoms with Crippen molar-refractivity contribution in [2.45, 2.75) is 56.1 Å². The number of urea groups is 1. The Labute approximate surface area is 188 Å². The van der Waals surface area contributed by atoms with Crippen molar-refractivity contribution in [1.29, 1.82) is 0 Å². The summed E-state index contributed by atoms with van der Waals surface area (Å²) in [7, 11) is 0. The van der Waals surface area contributed by atoms with E-state index in [1.165, 1.54) is 6.42 Å². The van der Waals surface area contributed by atoms with E-state index in [0.717, 1.165) is 42.4 Å². The lowest BCUT2D eigenvalue weighted by molar-refractivity contribution is -0.159. The van der Waals surface area contributed by atoms with Crippen molar-refractivity contribution in [2.24, 2.45) is 0 Å². The van der Waals surface area contributed by atoms with Crippen LogP contribution < -0.4 is 5.32 Å². The summed E-state index contributed by atoms with van der Waals surface area (Å²) in [5.41, 5.74) is 3.28. The molecule has 0 spiro atoms. The summed E-state index contributed by atoms with van der Waals surface area (Å²) in [6.07, 6.45) is 9.11. The van der Waals surface area contributed by atoms with E-state index in [-0.39, 0.29) is 49.1 Å². The van der Waals surface area contributed by atoms with Crippen LogP contribution in [-0.2, 0) is 4.79 Å². The van der Waals surface area contributed by atoms with Crippen LogP contribution in [0.15, 0.2) is 48.8 Å². The minimum absolute atomic E-state index is 0.0146. The zero-order valence-corrected chi connectivity index (χ0v) is 18.2. The van der Waals surface area contributed by atoms with Gasteiger partial charge >= 0.3 is 6.03 Å². The Morgan fingerprint density at radius 1 is 1.03 bits per heavy atom. The number of hydrogen-bond donors (Lipinski definition) is 2. The van der Waals surface area contributed by atoms with E-state index >= 15 is 0 Å². The summed E-state index contributed by atoms with van der Waals surface area (Å²) in [6.45, 7) is 0.504. The van der Waals surface area contributed by atoms with Gasteiger partial charge in [0.05, 0.1) is 18.7 Å². The first-order valence-electron chi connectivity index (χ1n) is 11.6. The quantitative estimate of drug-likeness (QED) is 0.775. The first kappa shape index (κ1) is 20.9. The maximum atomic E-state index is 12.9. The van der Waals surface area contributed by atoms with E-state index in [1.807, 2.05) is 12.1 Å². The number of hydrogen-bond acceptors (Lipinski definition) is 4. The third-order valence-electron chi connectivity index (χ3n) is 7.28. The van der Waals surface area contributed by atoms with Gasteiger partial charge in [0.15, 0.2) is 0 Å². The Balaban J connectivity index is 1.31. The van der Waals surface area contributed by atoms with Crippen LogP contribution in [0, 0.1) is 0 Å². The number of nitrogens with zero attached hydrogens (tertiary/aromatic N) is 3. The normalized spacial score (nSPS) is 25.8. The number of amides is 3. The number of aromatic nitrogens is 1. The second kappa shape index (κ2) is 8.90. The number of fused-ring (bicyclic) bond motifs is 1. The van der Waals surface area contributed by atoms with Crippen molar-refractivity contribution < 1.29 is 14.7 Å². The van der Waals surface area contributed by atoms with Gasteiger partial charge in [-0.15, -0.1) is 0 Å². The van der Waals surface area contributed by atoms with Gasteiger partial charge in [-0.05, 0) is 41.7 Å². The van der Waals surface area contributed by atoms with E-state index in [1.54, 1.807) is 22.2 Å². The lowest BCUT2D eigenvalue weighted by Gasteiger charge is -2.58. The van der Waals surface area contributed by atoms with Gasteiger partial charge in [0.2, 0.25) is 5.91 Å². The second-order valence-electron chi connectivity index (χ2n) is 9.17. The first-order valence-corrected chi connectivity index (χ1v) is 11.6. The summed E-state index contributed by atoms with van der Waals surface area (Å²) in [4.78, 5) is 33.2. The minimum atomic E-state index is -0.233. The van der Waals surface area contributed by atoms with Crippen LogP contribution >= 0.6 is 0 Å². The molecule has 3 heterocycles. The third-order valence-corrected chi connectivity index (χ3v) is 7.28. The van der Waals surface area contributed by atoms with Crippen molar-refractivity contribution in [1.82, 2.24) is 20.1 Å². The number of aliphatic hydroxyl groups excluding tert-OH is 1. The summed E-state index contributed by atoms with van der Waals surface area (Å²) in [6, 6.07) is 12.0. The predicted molar refractivity (Wildman–Crippen MR) is 121 cm³/mol. The molecule has 1 aromatic heterocycles. The number of benzene rings is 1. The molecule has 3 amide bonds. The fraction of sp³-hybridized carbons (Fsp3) is 0.480. The summed E-state index contributed by atoms with van der Waals surface area (Å²) in [5.74, 6) is -0.0653. The molecule has 0 unspecified atom stereocenters. The molecule has 3 fully saturated rings. The Bertz CT molecular complexity index is 959. The Kier molecular flexibility index (Phi) is 5.83. The summed E-state index contributed by atoms with van der Waals surface area (Å²) >= 11 is 0. The largest absolute Gasteiger partial charge is 0.394 e. The van der Waals surface area contributed by atoms with Crippen molar-refractivity contribution >= 4 is 11.9 Å². The number of aliphatic hydroxyl groups is 1. The van der Waals surface area contributed by atoms with Gasteiger partial charge in [-0.1, -0.05) is 43.5 Å². The number of rotatable bonds is 4. The molecule has 7 heteroatoms. The fourth-order valence-electron chi connectivity index (χ4n) is 5.61. The molecule has 2 aliphatic heterocycles. The lowest BCUT2D eigenvalue weighted by Crippen LogP contribution is -2.74. The van der Waals surface area contributed by atoms with E-state index in [2.05, 4.69) is 34.6 Å². The zero-order valence-electron chi connectivity index (χ0n) is 18.2. The standard InChI is InChI=1S/C25H30N4O3/c30-16-22-24(19-8-6-17(7-9-19)18-10-12-26-13-11-18)21-14-28(15-23(31)29(21)22)25(32)27-20-4-2-1-3-5-20/h6-13,20-22,24,30H,1-5,14-16H2,(H,27,32)/t21-,22-,24+/m1/s1. The molecule has 2 saturated heterocycles. The average molecular weight is 435 g/mol. The summed E-state index contributed by atoms with van der Waals surface area (Å²) in [5, 5.41) is 13.1. The molecule has 0 bridgehead atoms. The molecule has 7 nitrogen and oxygen atoms in total. The third kappa shape index (κ3) is 3.86. The van der Waals surface area contributed by atoms with Crippen LogP contribution in [0.2, 0.25) is 0 Å². The molecule has 1 aliphatic carbocycles. The highest BCUT2D eigenvalue weighted by atomic mass is 16.3. The van der Waals surface area contributed by atoms with Gasteiger partial charge in [-0.3, -0.25) is 9.78 Å². The molecular formula is C25H30N4O3. The summed E-state index contributed by atoms with van der Waals surface area (Å²) < 4.78 is 0. The molecule has 3 aliphatic rings. The Morgan fingerprint density at radius 2 is 1.72 bits per heavy atom. The smallest absolute Gasteiger partial charge is 0.318 e. The number of nitrogens with one attached hydrogen (secondary N) is 1. The highest BCUT2D eigenvalue weighted by Crippen LogP contribution is 2.43. The van der Waals surface area contributed by atoms with Crippen LogP contribution in [0.3, 0.4) is 0 Å². The predicted octanol–water partition coefficient (Wildman–Crippen LogP) is 2.76. The first-order chi connectivity index (χ1) is 15.7. The number of carbonyl (C=O) groups is 2. The average Bonchev–Trinajstić information content (AvgIpc) is 2.82. The molecule has 2 N–H and O–H groups in total. The topological polar surface area (TPSA) is 85.8 Å². The number of piperazine rings is 1. The van der Waals surface area contributed by atoms with Gasteiger partial charge in [0, 0.05) is 30.9 Å². The van der Waals surface area contributed by atoms with Crippen LogP contribution in [0.4, 0.5) is 4.79 Å². The lowest BCUT2D eigenvalue weighted by atomic mass is 9.73. The van der Waals surface area contributed by atoms with Gasteiger partial charge in [0.25, 0.3) is 0 Å². The van der Waals surface area contributed by atoms with Crippen molar-refractivity contribution in [2.75, 3.05) is 19.7 Å². The van der Waals surface area contributed by atoms with Crippen LogP contribution in [0.5, 0.6) is 0 Å². The fourth-order valence-corrected chi connectivity index (χ4v) is 5.61. The molecule has 32 heavy (non-hydrogen) atoms. The number of pyridine rings is 1. The van der Waals surface area contributed by atoms with Gasteiger partial charge in [-0.2, -0.15) is 0 Å². The van der Waals surface area contributed by atoms with Crippen molar-refractivity contribution in [3.63, 3.8) is 0 Å². The minimum Gasteiger partial charge on any atom is -0.394 e.